The van der Waals surface area contributed by atoms with Crippen LogP contribution in [0.15, 0.2) is 180 Å². The number of furan rings is 1. The van der Waals surface area contributed by atoms with Crippen molar-refractivity contribution in [3.63, 3.8) is 0 Å². The van der Waals surface area contributed by atoms with Crippen molar-refractivity contribution < 1.29 is 4.42 Å². The second-order valence-electron chi connectivity index (χ2n) is 12.5. The van der Waals surface area contributed by atoms with Gasteiger partial charge in [0.05, 0.1) is 5.69 Å². The Hall–Kier alpha value is -6.16. The molecule has 0 atom stereocenters. The number of hydrogen-bond donors (Lipinski definition) is 0. The summed E-state index contributed by atoms with van der Waals surface area (Å²) in [5.41, 5.74) is 9.75. The van der Waals surface area contributed by atoms with Crippen molar-refractivity contribution in [3.8, 4) is 22.3 Å². The normalized spacial score (nSPS) is 11.7. The molecule has 10 rings (SSSR count). The molecule has 0 aliphatic heterocycles. The predicted octanol–water partition coefficient (Wildman–Crippen LogP) is 13.9. The Labute approximate surface area is 287 Å². The standard InChI is InChI=1S/C46H29NOS/c1-2-10-32-27-33(18-17-30(32)9-1)31-19-22-35(23-20-31)47(36-24-25-39-38-12-4-7-15-43(38)48-44(39)29-36)42-14-6-3-11-37(42)34-21-26-46-41(28-34)40-13-5-8-16-45(40)49-46/h1-29H. The van der Waals surface area contributed by atoms with Gasteiger partial charge in [0, 0.05) is 53.9 Å². The molecule has 0 bridgehead atoms. The Morgan fingerprint density at radius 3 is 1.98 bits per heavy atom. The summed E-state index contributed by atoms with van der Waals surface area (Å²) in [5, 5.41) is 7.34. The lowest BCUT2D eigenvalue weighted by molar-refractivity contribution is 0.669. The van der Waals surface area contributed by atoms with Crippen LogP contribution < -0.4 is 4.90 Å². The lowest BCUT2D eigenvalue weighted by atomic mass is 9.98. The molecule has 49 heavy (non-hydrogen) atoms. The summed E-state index contributed by atoms with van der Waals surface area (Å²) in [6.45, 7) is 0. The third-order valence-corrected chi connectivity index (χ3v) is 10.8. The van der Waals surface area contributed by atoms with Crippen LogP contribution >= 0.6 is 11.3 Å². The van der Waals surface area contributed by atoms with Gasteiger partial charge in [0.2, 0.25) is 0 Å². The van der Waals surface area contributed by atoms with Crippen molar-refractivity contribution in [3.05, 3.63) is 176 Å². The van der Waals surface area contributed by atoms with E-state index in [0.29, 0.717) is 0 Å². The molecule has 8 aromatic carbocycles. The Morgan fingerprint density at radius 2 is 1.06 bits per heavy atom. The number of para-hydroxylation sites is 2. The van der Waals surface area contributed by atoms with Crippen molar-refractivity contribution in [1.82, 2.24) is 0 Å². The van der Waals surface area contributed by atoms with Gasteiger partial charge in [0.15, 0.2) is 0 Å². The van der Waals surface area contributed by atoms with Crippen LogP contribution in [0.25, 0.3) is 75.1 Å². The minimum absolute atomic E-state index is 0.875. The summed E-state index contributed by atoms with van der Waals surface area (Å²) in [6, 6.07) is 63.3. The van der Waals surface area contributed by atoms with Gasteiger partial charge in [-0.2, -0.15) is 0 Å². The number of hydrogen-bond acceptors (Lipinski definition) is 3. The van der Waals surface area contributed by atoms with Crippen molar-refractivity contribution in [1.29, 1.82) is 0 Å². The fraction of sp³-hybridized carbons (Fsp3) is 0. The smallest absolute Gasteiger partial charge is 0.137 e. The molecule has 0 N–H and O–H groups in total. The van der Waals surface area contributed by atoms with Crippen LogP contribution in [0.3, 0.4) is 0 Å². The minimum atomic E-state index is 0.875. The molecule has 2 heterocycles. The molecule has 0 saturated heterocycles. The molecule has 2 aromatic heterocycles. The largest absolute Gasteiger partial charge is 0.456 e. The second kappa shape index (κ2) is 11.2. The van der Waals surface area contributed by atoms with Crippen LogP contribution in [0.1, 0.15) is 0 Å². The van der Waals surface area contributed by atoms with E-state index in [4.69, 9.17) is 4.42 Å². The van der Waals surface area contributed by atoms with Gasteiger partial charge >= 0.3 is 0 Å². The van der Waals surface area contributed by atoms with E-state index in [1.807, 2.05) is 23.5 Å². The summed E-state index contributed by atoms with van der Waals surface area (Å²) < 4.78 is 9.02. The maximum Gasteiger partial charge on any atom is 0.137 e. The van der Waals surface area contributed by atoms with Crippen molar-refractivity contribution in [2.24, 2.45) is 0 Å². The topological polar surface area (TPSA) is 16.4 Å². The highest BCUT2D eigenvalue weighted by molar-refractivity contribution is 7.25. The quantitative estimate of drug-likeness (QED) is 0.186. The summed E-state index contributed by atoms with van der Waals surface area (Å²) in [4.78, 5) is 2.36. The van der Waals surface area contributed by atoms with Gasteiger partial charge in [-0.25, -0.2) is 0 Å². The molecule has 0 saturated carbocycles. The van der Waals surface area contributed by atoms with E-state index in [0.717, 1.165) is 39.0 Å². The Balaban J connectivity index is 1.15. The first-order valence-corrected chi connectivity index (χ1v) is 17.4. The molecule has 2 nitrogen and oxygen atoms in total. The maximum atomic E-state index is 6.40. The van der Waals surface area contributed by atoms with Gasteiger partial charge in [-0.15, -0.1) is 11.3 Å². The number of nitrogens with zero attached hydrogens (tertiary/aromatic N) is 1. The minimum Gasteiger partial charge on any atom is -0.456 e. The SMILES string of the molecule is c1ccc(N(c2ccc(-c3ccc4ccccc4c3)cc2)c2ccc3c(c2)oc2ccccc23)c(-c2ccc3sc4ccccc4c3c2)c1. The van der Waals surface area contributed by atoms with E-state index in [-0.39, 0.29) is 0 Å². The second-order valence-corrected chi connectivity index (χ2v) is 13.6. The highest BCUT2D eigenvalue weighted by atomic mass is 32.1. The zero-order valence-electron chi connectivity index (χ0n) is 26.5. The van der Waals surface area contributed by atoms with Gasteiger partial charge in [-0.1, -0.05) is 109 Å². The zero-order chi connectivity index (χ0) is 32.3. The molecule has 0 spiro atoms. The number of rotatable bonds is 5. The molecule has 0 unspecified atom stereocenters. The molecule has 0 amide bonds. The third kappa shape index (κ3) is 4.70. The molecule has 0 aliphatic carbocycles. The molecule has 10 aromatic rings. The first-order valence-electron chi connectivity index (χ1n) is 16.6. The number of anilines is 3. The molecule has 0 radical (unpaired) electrons. The Morgan fingerprint density at radius 1 is 0.388 bits per heavy atom. The van der Waals surface area contributed by atoms with E-state index in [1.165, 1.54) is 53.2 Å². The fourth-order valence-corrected chi connectivity index (χ4v) is 8.35. The van der Waals surface area contributed by atoms with Gasteiger partial charge in [-0.05, 0) is 88.1 Å². The third-order valence-electron chi connectivity index (χ3n) is 9.66. The summed E-state index contributed by atoms with van der Waals surface area (Å²) in [6.07, 6.45) is 0. The average Bonchev–Trinajstić information content (AvgIpc) is 3.73. The van der Waals surface area contributed by atoms with E-state index in [2.05, 4.69) is 169 Å². The van der Waals surface area contributed by atoms with Crippen LogP contribution in [0.2, 0.25) is 0 Å². The van der Waals surface area contributed by atoms with Crippen molar-refractivity contribution in [2.45, 2.75) is 0 Å². The number of thiophene rings is 1. The number of benzene rings is 8. The van der Waals surface area contributed by atoms with Gasteiger partial charge < -0.3 is 9.32 Å². The van der Waals surface area contributed by atoms with Crippen molar-refractivity contribution in [2.75, 3.05) is 4.90 Å². The van der Waals surface area contributed by atoms with Gasteiger partial charge in [-0.3, -0.25) is 0 Å². The lowest BCUT2D eigenvalue weighted by Gasteiger charge is -2.28. The highest BCUT2D eigenvalue weighted by Crippen LogP contribution is 2.44. The molecular weight excluding hydrogens is 615 g/mol. The first-order chi connectivity index (χ1) is 24.3. The summed E-state index contributed by atoms with van der Waals surface area (Å²) in [7, 11) is 0. The van der Waals surface area contributed by atoms with Crippen LogP contribution in [-0.2, 0) is 0 Å². The van der Waals surface area contributed by atoms with E-state index in [9.17, 15) is 0 Å². The monoisotopic (exact) mass is 643 g/mol. The van der Waals surface area contributed by atoms with Gasteiger partial charge in [0.1, 0.15) is 11.2 Å². The molecule has 0 fully saturated rings. The van der Waals surface area contributed by atoms with Crippen LogP contribution in [0.5, 0.6) is 0 Å². The zero-order valence-corrected chi connectivity index (χ0v) is 27.3. The first kappa shape index (κ1) is 27.9. The number of fused-ring (bicyclic) bond motifs is 7. The molecule has 0 aliphatic rings. The Bertz CT molecular complexity index is 2840. The molecule has 230 valence electrons. The summed E-state index contributed by atoms with van der Waals surface area (Å²) in [5.74, 6) is 0. The van der Waals surface area contributed by atoms with E-state index >= 15 is 0 Å². The predicted molar refractivity (Wildman–Crippen MR) is 210 cm³/mol. The van der Waals surface area contributed by atoms with Gasteiger partial charge in [0.25, 0.3) is 0 Å². The fourth-order valence-electron chi connectivity index (χ4n) is 7.26. The highest BCUT2D eigenvalue weighted by Gasteiger charge is 2.19. The van der Waals surface area contributed by atoms with Crippen LogP contribution in [0.4, 0.5) is 17.1 Å². The molecular formula is C46H29NOS. The summed E-state index contributed by atoms with van der Waals surface area (Å²) >= 11 is 1.85. The lowest BCUT2D eigenvalue weighted by Crippen LogP contribution is -2.11. The Kier molecular flexibility index (Phi) is 6.39. The van der Waals surface area contributed by atoms with E-state index in [1.54, 1.807) is 0 Å². The van der Waals surface area contributed by atoms with Crippen LogP contribution in [-0.4, -0.2) is 0 Å². The van der Waals surface area contributed by atoms with E-state index < -0.39 is 0 Å². The maximum absolute atomic E-state index is 6.40. The molecule has 3 heteroatoms. The average molecular weight is 644 g/mol. The van der Waals surface area contributed by atoms with Crippen LogP contribution in [0, 0.1) is 0 Å². The van der Waals surface area contributed by atoms with Crippen molar-refractivity contribution >= 4 is 81.3 Å².